The highest BCUT2D eigenvalue weighted by Gasteiger charge is 2.62. The summed E-state index contributed by atoms with van der Waals surface area (Å²) in [6.45, 7) is -1.45. The summed E-state index contributed by atoms with van der Waals surface area (Å²) in [6.07, 6.45) is -7.86. The molecule has 0 spiro atoms. The third-order valence-electron chi connectivity index (χ3n) is 6.31. The van der Waals surface area contributed by atoms with Crippen molar-refractivity contribution in [1.29, 1.82) is 0 Å². The van der Waals surface area contributed by atoms with E-state index in [9.17, 15) is 31.1 Å². The molecule has 0 aliphatic heterocycles. The molecule has 0 radical (unpaired) electrons. The molecule has 8 nitrogen and oxygen atoms in total. The molecule has 1 amide bonds. The van der Waals surface area contributed by atoms with E-state index in [1.807, 2.05) is 0 Å². The first-order valence-corrected chi connectivity index (χ1v) is 10.1. The van der Waals surface area contributed by atoms with Crippen molar-refractivity contribution in [1.82, 2.24) is 15.5 Å². The van der Waals surface area contributed by atoms with Gasteiger partial charge in [-0.1, -0.05) is 0 Å². The van der Waals surface area contributed by atoms with Crippen LogP contribution in [0.2, 0.25) is 0 Å². The van der Waals surface area contributed by atoms with Crippen LogP contribution >= 0.6 is 0 Å². The van der Waals surface area contributed by atoms with Gasteiger partial charge in [0.05, 0.1) is 19.3 Å². The predicted molar refractivity (Wildman–Crippen MR) is 91.0 cm³/mol. The van der Waals surface area contributed by atoms with Crippen LogP contribution in [0.4, 0.5) is 26.3 Å². The van der Waals surface area contributed by atoms with Crippen molar-refractivity contribution in [2.45, 2.75) is 68.3 Å². The van der Waals surface area contributed by atoms with Gasteiger partial charge in [-0.15, -0.1) is 36.5 Å². The van der Waals surface area contributed by atoms with Crippen LogP contribution in [-0.2, 0) is 19.0 Å². The number of halogens is 6. The number of carbonyl (C=O) groups is 1. The average molecular weight is 473 g/mol. The van der Waals surface area contributed by atoms with E-state index in [1.165, 1.54) is 0 Å². The number of ether oxygens (including phenoxy) is 3. The smallest absolute Gasteiger partial charge is 0.425 e. The number of fused-ring (bicyclic) bond motifs is 1. The van der Waals surface area contributed by atoms with Crippen molar-refractivity contribution in [3.05, 3.63) is 11.8 Å². The highest BCUT2D eigenvalue weighted by atomic mass is 19.4. The van der Waals surface area contributed by atoms with E-state index in [1.54, 1.807) is 0 Å². The van der Waals surface area contributed by atoms with Gasteiger partial charge < -0.3 is 14.5 Å². The van der Waals surface area contributed by atoms with E-state index < -0.39 is 36.9 Å². The van der Waals surface area contributed by atoms with E-state index in [-0.39, 0.29) is 49.7 Å². The van der Waals surface area contributed by atoms with Crippen LogP contribution in [0.1, 0.15) is 55.7 Å². The standard InChI is InChI=1S/C18H21F6N3O5/c19-17(20,21)30-4-3-29-8-13(28)25-16-2-1-12(16)11(7-16)15-27-26-14(31-15)9-5-10(6-9)32-18(22,23)24/h9-12H,1-8H2,(H,25,28). The van der Waals surface area contributed by atoms with Crippen molar-refractivity contribution in [2.24, 2.45) is 5.92 Å². The zero-order valence-electron chi connectivity index (χ0n) is 16.7. The molecule has 3 unspecified atom stereocenters. The second kappa shape index (κ2) is 8.45. The lowest BCUT2D eigenvalue weighted by molar-refractivity contribution is -0.352. The predicted octanol–water partition coefficient (Wildman–Crippen LogP) is 3.16. The molecule has 0 aromatic carbocycles. The molecule has 180 valence electrons. The minimum atomic E-state index is -4.74. The van der Waals surface area contributed by atoms with E-state index >= 15 is 0 Å². The maximum Gasteiger partial charge on any atom is 0.522 e. The van der Waals surface area contributed by atoms with Gasteiger partial charge in [-0.2, -0.15) is 0 Å². The number of alkyl halides is 6. The number of aromatic nitrogens is 2. The Bertz CT molecular complexity index is 825. The third-order valence-corrected chi connectivity index (χ3v) is 6.31. The number of rotatable bonds is 9. The molecule has 4 rings (SSSR count). The Hall–Kier alpha value is -1.93. The van der Waals surface area contributed by atoms with Crippen LogP contribution in [0.15, 0.2) is 4.42 Å². The van der Waals surface area contributed by atoms with E-state index in [2.05, 4.69) is 25.0 Å². The number of carbonyl (C=O) groups excluding carboxylic acids is 1. The Balaban J connectivity index is 1.19. The molecular weight excluding hydrogens is 452 g/mol. The lowest BCUT2D eigenvalue weighted by atomic mass is 9.47. The summed E-state index contributed by atoms with van der Waals surface area (Å²) in [4.78, 5) is 12.1. The van der Waals surface area contributed by atoms with Crippen LogP contribution in [0, 0.1) is 5.92 Å². The molecule has 1 aromatic heterocycles. The third kappa shape index (κ3) is 5.17. The number of nitrogens with one attached hydrogen (secondary N) is 1. The maximum atomic E-state index is 12.2. The molecule has 1 heterocycles. The molecular formula is C18H21F6N3O5. The van der Waals surface area contributed by atoms with Gasteiger partial charge in [-0.25, -0.2) is 0 Å². The Morgan fingerprint density at radius 1 is 1.09 bits per heavy atom. The highest BCUT2D eigenvalue weighted by molar-refractivity contribution is 5.78. The van der Waals surface area contributed by atoms with Crippen LogP contribution < -0.4 is 5.32 Å². The molecule has 3 fully saturated rings. The molecule has 3 aliphatic carbocycles. The Labute approximate surface area is 178 Å². The van der Waals surface area contributed by atoms with Gasteiger partial charge >= 0.3 is 12.7 Å². The molecule has 3 aliphatic rings. The fraction of sp³-hybridized carbons (Fsp3) is 0.833. The van der Waals surface area contributed by atoms with E-state index in [0.717, 1.165) is 12.8 Å². The summed E-state index contributed by atoms with van der Waals surface area (Å²) in [6, 6.07) is 0. The first kappa shape index (κ1) is 23.2. The summed E-state index contributed by atoms with van der Waals surface area (Å²) in [5, 5.41) is 10.9. The first-order chi connectivity index (χ1) is 14.9. The maximum absolute atomic E-state index is 12.2. The molecule has 14 heteroatoms. The highest BCUT2D eigenvalue weighted by Crippen LogP contribution is 2.61. The molecule has 32 heavy (non-hydrogen) atoms. The quantitative estimate of drug-likeness (QED) is 0.435. The number of hydrogen-bond acceptors (Lipinski definition) is 7. The van der Waals surface area contributed by atoms with Gasteiger partial charge in [0.1, 0.15) is 6.61 Å². The second-order valence-electron chi connectivity index (χ2n) is 8.34. The lowest BCUT2D eigenvalue weighted by Gasteiger charge is -2.62. The van der Waals surface area contributed by atoms with Gasteiger partial charge in [0, 0.05) is 17.4 Å². The summed E-state index contributed by atoms with van der Waals surface area (Å²) in [5.41, 5.74) is -0.426. The molecule has 3 saturated carbocycles. The van der Waals surface area contributed by atoms with Crippen molar-refractivity contribution < 1.29 is 49.8 Å². The Morgan fingerprint density at radius 3 is 2.41 bits per heavy atom. The van der Waals surface area contributed by atoms with Crippen molar-refractivity contribution >= 4 is 5.91 Å². The van der Waals surface area contributed by atoms with E-state index in [4.69, 9.17) is 9.15 Å². The van der Waals surface area contributed by atoms with Crippen molar-refractivity contribution in [2.75, 3.05) is 19.8 Å². The summed E-state index contributed by atoms with van der Waals surface area (Å²) < 4.78 is 90.4. The number of amides is 1. The van der Waals surface area contributed by atoms with Crippen LogP contribution in [0.3, 0.4) is 0 Å². The summed E-state index contributed by atoms with van der Waals surface area (Å²) >= 11 is 0. The van der Waals surface area contributed by atoms with Gasteiger partial charge in [-0.3, -0.25) is 14.3 Å². The monoisotopic (exact) mass is 473 g/mol. The van der Waals surface area contributed by atoms with Gasteiger partial charge in [-0.05, 0) is 38.0 Å². The van der Waals surface area contributed by atoms with Crippen molar-refractivity contribution in [3.63, 3.8) is 0 Å². The van der Waals surface area contributed by atoms with E-state index in [0.29, 0.717) is 12.3 Å². The van der Waals surface area contributed by atoms with Gasteiger partial charge in [0.2, 0.25) is 17.7 Å². The average Bonchev–Trinajstić information content (AvgIpc) is 3.09. The molecule has 1 aromatic rings. The minimum absolute atomic E-state index is 0.0614. The normalized spacial score (nSPS) is 31.8. The zero-order chi connectivity index (χ0) is 23.1. The second-order valence-corrected chi connectivity index (χ2v) is 8.34. The van der Waals surface area contributed by atoms with Crippen LogP contribution in [0.25, 0.3) is 0 Å². The number of hydrogen-bond donors (Lipinski definition) is 1. The molecule has 1 N–H and O–H groups in total. The first-order valence-electron chi connectivity index (χ1n) is 10.1. The molecule has 0 bridgehead atoms. The van der Waals surface area contributed by atoms with Gasteiger partial charge in [0.25, 0.3) is 0 Å². The molecule has 0 saturated heterocycles. The topological polar surface area (TPSA) is 95.7 Å². The lowest BCUT2D eigenvalue weighted by Crippen LogP contribution is -2.69. The van der Waals surface area contributed by atoms with Crippen LogP contribution in [0.5, 0.6) is 0 Å². The Kier molecular flexibility index (Phi) is 6.13. The summed E-state index contributed by atoms with van der Waals surface area (Å²) in [5.74, 6) is 0.00180. The summed E-state index contributed by atoms with van der Waals surface area (Å²) in [7, 11) is 0. The van der Waals surface area contributed by atoms with Gasteiger partial charge in [0.15, 0.2) is 0 Å². The largest absolute Gasteiger partial charge is 0.522 e. The van der Waals surface area contributed by atoms with Crippen LogP contribution in [-0.4, -0.2) is 60.3 Å². The zero-order valence-corrected chi connectivity index (χ0v) is 16.7. The SMILES string of the molecule is O=C(COCCOC(F)(F)F)NC12CCC1C(c1nnc(C3CC(OC(F)(F)F)C3)o1)C2. The van der Waals surface area contributed by atoms with Crippen molar-refractivity contribution in [3.8, 4) is 0 Å². The Morgan fingerprint density at radius 2 is 1.81 bits per heavy atom. The fourth-order valence-electron chi connectivity index (χ4n) is 4.65. The minimum Gasteiger partial charge on any atom is -0.425 e. The number of nitrogens with zero attached hydrogens (tertiary/aromatic N) is 2. The molecule has 3 atom stereocenters. The fourth-order valence-corrected chi connectivity index (χ4v) is 4.65.